The van der Waals surface area contributed by atoms with Gasteiger partial charge >= 0.3 is 5.97 Å². The monoisotopic (exact) mass is 295 g/mol. The lowest BCUT2D eigenvalue weighted by Gasteiger charge is -2.17. The number of hydrogen-bond acceptors (Lipinski definition) is 4. The molecule has 0 saturated heterocycles. The van der Waals surface area contributed by atoms with Gasteiger partial charge in [-0.2, -0.15) is 0 Å². The number of rotatable bonds is 9. The molecule has 0 fully saturated rings. The van der Waals surface area contributed by atoms with Crippen molar-refractivity contribution in [2.75, 3.05) is 13.7 Å². The molecule has 0 aliphatic rings. The average molecular weight is 295 g/mol. The van der Waals surface area contributed by atoms with Crippen molar-refractivity contribution in [3.05, 3.63) is 23.8 Å². The highest BCUT2D eigenvalue weighted by Crippen LogP contribution is 2.28. The van der Waals surface area contributed by atoms with Crippen molar-refractivity contribution >= 4 is 5.97 Å². The van der Waals surface area contributed by atoms with E-state index in [1.54, 1.807) is 7.11 Å². The summed E-state index contributed by atoms with van der Waals surface area (Å²) in [4.78, 5) is 11.2. The third-order valence-electron chi connectivity index (χ3n) is 3.09. The molecule has 1 aromatic rings. The maximum absolute atomic E-state index is 11.2. The molecule has 0 saturated carbocycles. The molecule has 1 aromatic carbocycles. The molecular weight excluding hydrogens is 270 g/mol. The highest BCUT2D eigenvalue weighted by atomic mass is 16.5. The smallest absolute Gasteiger partial charge is 0.320 e. The third-order valence-corrected chi connectivity index (χ3v) is 3.09. The lowest BCUT2D eigenvalue weighted by Crippen LogP contribution is -2.37. The largest absolute Gasteiger partial charge is 0.493 e. The van der Waals surface area contributed by atoms with Gasteiger partial charge in [0.2, 0.25) is 0 Å². The minimum atomic E-state index is -0.817. The second-order valence-corrected chi connectivity index (χ2v) is 5.32. The Bertz CT molecular complexity index is 460. The summed E-state index contributed by atoms with van der Waals surface area (Å²) < 4.78 is 10.7. The second-order valence-electron chi connectivity index (χ2n) is 5.32. The lowest BCUT2D eigenvalue weighted by molar-refractivity contribution is -0.140. The van der Waals surface area contributed by atoms with Crippen LogP contribution in [0.1, 0.15) is 32.8 Å². The van der Waals surface area contributed by atoms with Crippen LogP contribution in [0, 0.1) is 5.92 Å². The molecule has 0 radical (unpaired) electrons. The summed E-state index contributed by atoms with van der Waals surface area (Å²) >= 11 is 0. The quantitative estimate of drug-likeness (QED) is 0.733. The van der Waals surface area contributed by atoms with E-state index in [4.69, 9.17) is 9.47 Å². The van der Waals surface area contributed by atoms with Crippen molar-refractivity contribution in [2.45, 2.75) is 39.8 Å². The lowest BCUT2D eigenvalue weighted by atomic mass is 10.0. The summed E-state index contributed by atoms with van der Waals surface area (Å²) in [6.45, 7) is 6.97. The summed E-state index contributed by atoms with van der Waals surface area (Å²) in [5.74, 6) is 0.864. The molecule has 0 aliphatic heterocycles. The van der Waals surface area contributed by atoms with Gasteiger partial charge in [0, 0.05) is 6.54 Å². The van der Waals surface area contributed by atoms with E-state index in [1.165, 1.54) is 0 Å². The average Bonchev–Trinajstić information content (AvgIpc) is 2.43. The molecule has 0 spiro atoms. The molecule has 0 aliphatic carbocycles. The van der Waals surface area contributed by atoms with Crippen molar-refractivity contribution in [1.29, 1.82) is 0 Å². The Balaban J connectivity index is 2.73. The Morgan fingerprint density at radius 2 is 2.05 bits per heavy atom. The Hall–Kier alpha value is -1.75. The van der Waals surface area contributed by atoms with Crippen LogP contribution in [-0.2, 0) is 11.3 Å². The van der Waals surface area contributed by atoms with Crippen molar-refractivity contribution in [2.24, 2.45) is 5.92 Å². The molecule has 0 unspecified atom stereocenters. The molecule has 5 nitrogen and oxygen atoms in total. The van der Waals surface area contributed by atoms with Gasteiger partial charge in [-0.05, 0) is 37.0 Å². The molecule has 0 aromatic heterocycles. The van der Waals surface area contributed by atoms with Crippen molar-refractivity contribution in [3.8, 4) is 11.5 Å². The van der Waals surface area contributed by atoms with Crippen molar-refractivity contribution in [3.63, 3.8) is 0 Å². The number of ether oxygens (including phenoxy) is 2. The number of benzene rings is 1. The van der Waals surface area contributed by atoms with Gasteiger partial charge in [-0.3, -0.25) is 4.79 Å². The van der Waals surface area contributed by atoms with Gasteiger partial charge in [-0.25, -0.2) is 0 Å². The third kappa shape index (κ3) is 5.63. The molecule has 118 valence electrons. The van der Waals surface area contributed by atoms with E-state index in [9.17, 15) is 9.90 Å². The van der Waals surface area contributed by atoms with Crippen molar-refractivity contribution < 1.29 is 19.4 Å². The molecule has 5 heteroatoms. The van der Waals surface area contributed by atoms with Gasteiger partial charge in [-0.1, -0.05) is 19.9 Å². The van der Waals surface area contributed by atoms with Gasteiger partial charge in [0.25, 0.3) is 0 Å². The minimum absolute atomic E-state index is 0.327. The first-order valence-electron chi connectivity index (χ1n) is 7.23. The molecular formula is C16H25NO4. The van der Waals surface area contributed by atoms with Gasteiger partial charge in [-0.15, -0.1) is 0 Å². The van der Waals surface area contributed by atoms with E-state index in [0.717, 1.165) is 5.56 Å². The number of carboxylic acids is 1. The normalized spacial score (nSPS) is 12.2. The van der Waals surface area contributed by atoms with E-state index in [1.807, 2.05) is 39.0 Å². The summed E-state index contributed by atoms with van der Waals surface area (Å²) in [6.07, 6.45) is 0.601. The zero-order valence-corrected chi connectivity index (χ0v) is 13.2. The summed E-state index contributed by atoms with van der Waals surface area (Å²) in [5, 5.41) is 12.3. The zero-order chi connectivity index (χ0) is 15.8. The minimum Gasteiger partial charge on any atom is -0.493 e. The Morgan fingerprint density at radius 1 is 1.33 bits per heavy atom. The van der Waals surface area contributed by atoms with Gasteiger partial charge in [0.15, 0.2) is 11.5 Å². The predicted octanol–water partition coefficient (Wildman–Crippen LogP) is 2.68. The Kier molecular flexibility index (Phi) is 7.02. The van der Waals surface area contributed by atoms with Crippen LogP contribution < -0.4 is 14.8 Å². The van der Waals surface area contributed by atoms with E-state index in [0.29, 0.717) is 37.0 Å². The van der Waals surface area contributed by atoms with Gasteiger partial charge < -0.3 is 19.9 Å². The van der Waals surface area contributed by atoms with E-state index in [-0.39, 0.29) is 0 Å². The van der Waals surface area contributed by atoms with Crippen molar-refractivity contribution in [1.82, 2.24) is 5.32 Å². The molecule has 0 amide bonds. The number of hydrogen-bond donors (Lipinski definition) is 2. The standard InChI is InChI=1S/C16H25NO4/c1-5-21-15-9-12(6-7-14(15)20-4)10-17-13(16(18)19)8-11(2)3/h6-7,9,11,13,17H,5,8,10H2,1-4H3,(H,18,19)/t13-/m1/s1. The SMILES string of the molecule is CCOc1cc(CN[C@H](CC(C)C)C(=O)O)ccc1OC. The van der Waals surface area contributed by atoms with Crippen LogP contribution >= 0.6 is 0 Å². The molecule has 1 atom stereocenters. The summed E-state index contributed by atoms with van der Waals surface area (Å²) in [7, 11) is 1.60. The number of aliphatic carboxylic acids is 1. The van der Waals surface area contributed by atoms with E-state index >= 15 is 0 Å². The van der Waals surface area contributed by atoms with Crippen LogP contribution in [0.4, 0.5) is 0 Å². The van der Waals surface area contributed by atoms with E-state index < -0.39 is 12.0 Å². The molecule has 1 rings (SSSR count). The van der Waals surface area contributed by atoms with Crippen LogP contribution in [0.2, 0.25) is 0 Å². The maximum atomic E-state index is 11.2. The molecule has 0 bridgehead atoms. The van der Waals surface area contributed by atoms with Crippen LogP contribution in [0.25, 0.3) is 0 Å². The highest BCUT2D eigenvalue weighted by Gasteiger charge is 2.18. The maximum Gasteiger partial charge on any atom is 0.320 e. The van der Waals surface area contributed by atoms with Crippen LogP contribution in [0.5, 0.6) is 11.5 Å². The summed E-state index contributed by atoms with van der Waals surface area (Å²) in [6, 6.07) is 5.08. The number of carboxylic acid groups (broad SMARTS) is 1. The van der Waals surface area contributed by atoms with Gasteiger partial charge in [0.1, 0.15) is 6.04 Å². The first kappa shape index (κ1) is 17.3. The fraction of sp³-hybridized carbons (Fsp3) is 0.562. The number of carbonyl (C=O) groups is 1. The fourth-order valence-corrected chi connectivity index (χ4v) is 2.08. The first-order valence-corrected chi connectivity index (χ1v) is 7.23. The summed E-state index contributed by atoms with van der Waals surface area (Å²) in [5.41, 5.74) is 0.967. The first-order chi connectivity index (χ1) is 9.97. The van der Waals surface area contributed by atoms with Gasteiger partial charge in [0.05, 0.1) is 13.7 Å². The fourth-order valence-electron chi connectivity index (χ4n) is 2.08. The number of nitrogens with one attached hydrogen (secondary N) is 1. The zero-order valence-electron chi connectivity index (χ0n) is 13.2. The van der Waals surface area contributed by atoms with Crippen LogP contribution in [0.3, 0.4) is 0 Å². The topological polar surface area (TPSA) is 67.8 Å². The second kappa shape index (κ2) is 8.52. The van der Waals surface area contributed by atoms with Crippen LogP contribution in [-0.4, -0.2) is 30.8 Å². The van der Waals surface area contributed by atoms with Crippen LogP contribution in [0.15, 0.2) is 18.2 Å². The van der Waals surface area contributed by atoms with E-state index in [2.05, 4.69) is 5.32 Å². The predicted molar refractivity (Wildman–Crippen MR) is 81.9 cm³/mol. The Labute approximate surface area is 126 Å². The number of methoxy groups -OCH3 is 1. The molecule has 0 heterocycles. The molecule has 21 heavy (non-hydrogen) atoms. The highest BCUT2D eigenvalue weighted by molar-refractivity contribution is 5.73. The Morgan fingerprint density at radius 3 is 2.57 bits per heavy atom. The molecule has 2 N–H and O–H groups in total.